The number of nitrogens with zero attached hydrogens (tertiary/aromatic N) is 4. The second kappa shape index (κ2) is 6.84. The van der Waals surface area contributed by atoms with E-state index < -0.39 is 0 Å². The molecule has 5 heteroatoms. The molecule has 0 atom stereocenters. The minimum atomic E-state index is 0.756. The Kier molecular flexibility index (Phi) is 4.40. The number of benzene rings is 1. The van der Waals surface area contributed by atoms with Crippen LogP contribution in [-0.2, 0) is 13.0 Å². The maximum atomic E-state index is 4.79. The highest BCUT2D eigenvalue weighted by Gasteiger charge is 2.16. The fraction of sp³-hybridized carbons (Fsp3) is 0.200. The molecule has 0 N–H and O–H groups in total. The number of hydrogen-bond acceptors (Lipinski definition) is 2. The second-order valence-electron chi connectivity index (χ2n) is 6.18. The van der Waals surface area contributed by atoms with Crippen molar-refractivity contribution in [3.63, 3.8) is 0 Å². The number of aryl methyl sites for hydroxylation is 1. The zero-order valence-corrected chi connectivity index (χ0v) is 15.6. The molecule has 0 aliphatic carbocycles. The third-order valence-electron chi connectivity index (χ3n) is 4.27. The smallest absolute Gasteiger partial charge is 0.160 e. The van der Waals surface area contributed by atoms with E-state index in [0.29, 0.717) is 0 Å². The molecule has 4 nitrogen and oxygen atoms in total. The van der Waals surface area contributed by atoms with Gasteiger partial charge in [-0.05, 0) is 34.0 Å². The molecule has 0 aliphatic heterocycles. The average Bonchev–Trinajstić information content (AvgIpc) is 3.21. The Morgan fingerprint density at radius 2 is 1.92 bits per heavy atom. The van der Waals surface area contributed by atoms with E-state index in [1.54, 1.807) is 0 Å². The highest BCUT2D eigenvalue weighted by Crippen LogP contribution is 2.27. The van der Waals surface area contributed by atoms with Crippen LogP contribution < -0.4 is 0 Å². The highest BCUT2D eigenvalue weighted by molar-refractivity contribution is 9.10. The topological polar surface area (TPSA) is 35.1 Å². The van der Waals surface area contributed by atoms with Gasteiger partial charge in [0.15, 0.2) is 5.65 Å². The Bertz CT molecular complexity index is 1000. The van der Waals surface area contributed by atoms with Crippen LogP contribution in [0.1, 0.15) is 24.5 Å². The molecule has 0 saturated heterocycles. The van der Waals surface area contributed by atoms with Crippen LogP contribution in [0.25, 0.3) is 16.9 Å². The number of hydrogen-bond donors (Lipinski definition) is 0. The highest BCUT2D eigenvalue weighted by atomic mass is 79.9. The average molecular weight is 395 g/mol. The van der Waals surface area contributed by atoms with Gasteiger partial charge in [0.05, 0.1) is 11.0 Å². The zero-order valence-electron chi connectivity index (χ0n) is 14.1. The summed E-state index contributed by atoms with van der Waals surface area (Å²) in [4.78, 5) is 4.61. The van der Waals surface area contributed by atoms with Gasteiger partial charge in [0.1, 0.15) is 5.69 Å². The van der Waals surface area contributed by atoms with Crippen molar-refractivity contribution in [3.05, 3.63) is 76.8 Å². The standard InChI is InChI=1S/C20H19BrN4/c1-2-6-15-9-10-24(12-15)14-18-19(16-7-4-3-5-8-16)23-25-13-17(21)11-22-20(18)25/h3-5,7-13H,2,6,14H2,1H3. The molecule has 0 unspecified atom stereocenters. The molecule has 1 aromatic carbocycles. The zero-order chi connectivity index (χ0) is 17.2. The van der Waals surface area contributed by atoms with Crippen molar-refractivity contribution in [1.29, 1.82) is 0 Å². The summed E-state index contributed by atoms with van der Waals surface area (Å²) in [6.07, 6.45) is 10.4. The minimum absolute atomic E-state index is 0.756. The quantitative estimate of drug-likeness (QED) is 0.479. The van der Waals surface area contributed by atoms with Crippen molar-refractivity contribution < 1.29 is 0 Å². The minimum Gasteiger partial charge on any atom is -0.349 e. The third kappa shape index (κ3) is 3.24. The van der Waals surface area contributed by atoms with E-state index in [0.717, 1.165) is 46.3 Å². The lowest BCUT2D eigenvalue weighted by Crippen LogP contribution is -1.99. The molecule has 3 heterocycles. The first-order chi connectivity index (χ1) is 12.2. The maximum Gasteiger partial charge on any atom is 0.160 e. The summed E-state index contributed by atoms with van der Waals surface area (Å²) in [7, 11) is 0. The molecule has 3 aromatic heterocycles. The lowest BCUT2D eigenvalue weighted by molar-refractivity contribution is 0.802. The van der Waals surface area contributed by atoms with Gasteiger partial charge in [-0.3, -0.25) is 0 Å². The summed E-state index contributed by atoms with van der Waals surface area (Å²) in [6.45, 7) is 2.96. The fourth-order valence-corrected chi connectivity index (χ4v) is 3.44. The van der Waals surface area contributed by atoms with E-state index in [1.165, 1.54) is 5.56 Å². The van der Waals surface area contributed by atoms with Gasteiger partial charge in [0.2, 0.25) is 0 Å². The van der Waals surface area contributed by atoms with Gasteiger partial charge >= 0.3 is 0 Å². The van der Waals surface area contributed by atoms with Gasteiger partial charge in [0.25, 0.3) is 0 Å². The Labute approximate surface area is 155 Å². The normalized spacial score (nSPS) is 11.3. The lowest BCUT2D eigenvalue weighted by atomic mass is 10.1. The molecule has 0 amide bonds. The first-order valence-electron chi connectivity index (χ1n) is 8.47. The summed E-state index contributed by atoms with van der Waals surface area (Å²) in [6, 6.07) is 12.5. The van der Waals surface area contributed by atoms with E-state index >= 15 is 0 Å². The van der Waals surface area contributed by atoms with E-state index in [9.17, 15) is 0 Å². The third-order valence-corrected chi connectivity index (χ3v) is 4.68. The number of halogens is 1. The van der Waals surface area contributed by atoms with E-state index in [-0.39, 0.29) is 0 Å². The molecular weight excluding hydrogens is 376 g/mol. The van der Waals surface area contributed by atoms with Crippen LogP contribution in [-0.4, -0.2) is 19.2 Å². The van der Waals surface area contributed by atoms with Crippen LogP contribution in [0.3, 0.4) is 0 Å². The summed E-state index contributed by atoms with van der Waals surface area (Å²) in [5, 5.41) is 4.79. The summed E-state index contributed by atoms with van der Waals surface area (Å²) < 4.78 is 5.00. The van der Waals surface area contributed by atoms with E-state index in [2.05, 4.69) is 63.0 Å². The van der Waals surface area contributed by atoms with Crippen molar-refractivity contribution in [2.45, 2.75) is 26.3 Å². The van der Waals surface area contributed by atoms with Gasteiger partial charge < -0.3 is 4.57 Å². The van der Waals surface area contributed by atoms with Crippen molar-refractivity contribution in [3.8, 4) is 11.3 Å². The molecule has 0 fully saturated rings. The number of fused-ring (bicyclic) bond motifs is 1. The van der Waals surface area contributed by atoms with Crippen LogP contribution in [0.2, 0.25) is 0 Å². The number of aromatic nitrogens is 4. The van der Waals surface area contributed by atoms with Crippen molar-refractivity contribution >= 4 is 21.6 Å². The fourth-order valence-electron chi connectivity index (χ4n) is 3.14. The van der Waals surface area contributed by atoms with Gasteiger partial charge in [0, 0.05) is 35.9 Å². The van der Waals surface area contributed by atoms with Gasteiger partial charge in [-0.25, -0.2) is 9.50 Å². The van der Waals surface area contributed by atoms with Gasteiger partial charge in [-0.2, -0.15) is 5.10 Å². The van der Waals surface area contributed by atoms with Gasteiger partial charge in [-0.15, -0.1) is 0 Å². The predicted molar refractivity (Wildman–Crippen MR) is 104 cm³/mol. The first kappa shape index (κ1) is 16.1. The Morgan fingerprint density at radius 3 is 2.72 bits per heavy atom. The van der Waals surface area contributed by atoms with Crippen molar-refractivity contribution in [1.82, 2.24) is 19.2 Å². The Balaban J connectivity index is 1.82. The van der Waals surface area contributed by atoms with Crippen molar-refractivity contribution in [2.75, 3.05) is 0 Å². The predicted octanol–water partition coefficient (Wildman–Crippen LogP) is 4.96. The molecule has 0 spiro atoms. The summed E-state index contributed by atoms with van der Waals surface area (Å²) >= 11 is 3.48. The summed E-state index contributed by atoms with van der Waals surface area (Å²) in [5.74, 6) is 0. The van der Waals surface area contributed by atoms with Crippen LogP contribution in [0.15, 0.2) is 65.7 Å². The van der Waals surface area contributed by atoms with Crippen LogP contribution in [0.4, 0.5) is 0 Å². The van der Waals surface area contributed by atoms with Crippen LogP contribution in [0, 0.1) is 0 Å². The summed E-state index contributed by atoms with van der Waals surface area (Å²) in [5.41, 5.74) is 5.50. The molecule has 4 aromatic rings. The van der Waals surface area contributed by atoms with Crippen LogP contribution in [0.5, 0.6) is 0 Å². The molecule has 0 saturated carbocycles. The van der Waals surface area contributed by atoms with Crippen LogP contribution >= 0.6 is 15.9 Å². The molecule has 25 heavy (non-hydrogen) atoms. The van der Waals surface area contributed by atoms with E-state index in [1.807, 2.05) is 35.1 Å². The Hall–Kier alpha value is -2.40. The molecule has 126 valence electrons. The number of rotatable bonds is 5. The molecule has 4 rings (SSSR count). The molecule has 0 aliphatic rings. The second-order valence-corrected chi connectivity index (χ2v) is 7.09. The first-order valence-corrected chi connectivity index (χ1v) is 9.26. The van der Waals surface area contributed by atoms with E-state index in [4.69, 9.17) is 5.10 Å². The van der Waals surface area contributed by atoms with Crippen molar-refractivity contribution in [2.24, 2.45) is 0 Å². The molecule has 0 bridgehead atoms. The maximum absolute atomic E-state index is 4.79. The molecule has 0 radical (unpaired) electrons. The lowest BCUT2D eigenvalue weighted by Gasteiger charge is -2.05. The SMILES string of the molecule is CCCc1ccn(Cc2c(-c3ccccc3)nn3cc(Br)cnc23)c1. The monoisotopic (exact) mass is 394 g/mol. The Morgan fingerprint density at radius 1 is 1.08 bits per heavy atom. The van der Waals surface area contributed by atoms with Gasteiger partial charge in [-0.1, -0.05) is 43.7 Å². The largest absolute Gasteiger partial charge is 0.349 e. The molecular formula is C20H19BrN4.